The van der Waals surface area contributed by atoms with Gasteiger partial charge in [-0.25, -0.2) is 0 Å². The molecule has 0 heterocycles. The molecule has 0 fully saturated rings. The van der Waals surface area contributed by atoms with E-state index in [4.69, 9.17) is 0 Å². The highest BCUT2D eigenvalue weighted by atomic mass is 33.1. The van der Waals surface area contributed by atoms with Gasteiger partial charge in [0, 0.05) is 16.0 Å². The molecule has 0 spiro atoms. The molecule has 0 unspecified atom stereocenters. The smallest absolute Gasteiger partial charge is 0.143 e. The van der Waals surface area contributed by atoms with Crippen molar-refractivity contribution >= 4 is 43.7 Å². The van der Waals surface area contributed by atoms with Gasteiger partial charge in [0.25, 0.3) is 0 Å². The molecule has 4 rings (SSSR count). The normalized spacial score (nSPS) is 11.3. The molecule has 0 atom stereocenters. The van der Waals surface area contributed by atoms with E-state index in [0.29, 0.717) is 5.69 Å². The van der Waals surface area contributed by atoms with Crippen molar-refractivity contribution in [1.82, 2.24) is 0 Å². The van der Waals surface area contributed by atoms with E-state index in [9.17, 15) is 5.11 Å². The Morgan fingerprint density at radius 1 is 0.714 bits per heavy atom. The summed E-state index contributed by atoms with van der Waals surface area (Å²) in [6.45, 7) is 0. The van der Waals surface area contributed by atoms with Crippen molar-refractivity contribution in [2.45, 2.75) is 10.6 Å². The second-order valence-corrected chi connectivity index (χ2v) is 8.49. The lowest BCUT2D eigenvalue weighted by Gasteiger charge is -2.06. The van der Waals surface area contributed by atoms with Gasteiger partial charge in [-0.05, 0) is 29.1 Å². The Balaban J connectivity index is 1.55. The lowest BCUT2D eigenvalue weighted by molar-refractivity contribution is 0.477. The first kappa shape index (κ1) is 18.6. The van der Waals surface area contributed by atoms with Gasteiger partial charge in [-0.3, -0.25) is 0 Å². The maximum Gasteiger partial charge on any atom is 0.143 e. The van der Waals surface area contributed by atoms with E-state index in [-0.39, 0.29) is 5.75 Å². The van der Waals surface area contributed by atoms with Crippen LogP contribution in [0.25, 0.3) is 10.8 Å². The first-order valence-corrected chi connectivity index (χ1v) is 11.2. The molecular formula is C23H18N2OS2. The largest absolute Gasteiger partial charge is 0.506 e. The van der Waals surface area contributed by atoms with Crippen molar-refractivity contribution < 1.29 is 5.11 Å². The summed E-state index contributed by atoms with van der Waals surface area (Å²) in [6.07, 6.45) is 0. The number of aromatic hydroxyl groups is 1. The zero-order valence-corrected chi connectivity index (χ0v) is 16.7. The van der Waals surface area contributed by atoms with Crippen LogP contribution in [0.15, 0.2) is 106 Å². The number of nitrogens with zero attached hydrogens (tertiary/aromatic N) is 2. The van der Waals surface area contributed by atoms with E-state index in [2.05, 4.69) is 34.5 Å². The quantitative estimate of drug-likeness (QED) is 0.263. The Bertz CT molecular complexity index is 1110. The SMILES string of the molecule is Oc1ccc2ccccc2c1N=Nc1ccccc1SSCc1ccccc1. The monoisotopic (exact) mass is 402 g/mol. The van der Waals surface area contributed by atoms with E-state index in [1.54, 1.807) is 27.7 Å². The molecule has 4 aromatic rings. The number of rotatable bonds is 6. The second-order valence-electron chi connectivity index (χ2n) is 6.15. The number of fused-ring (bicyclic) bond motifs is 1. The van der Waals surface area contributed by atoms with Crippen LogP contribution in [0.3, 0.4) is 0 Å². The first-order chi connectivity index (χ1) is 13.8. The summed E-state index contributed by atoms with van der Waals surface area (Å²) in [4.78, 5) is 1.05. The van der Waals surface area contributed by atoms with Gasteiger partial charge in [-0.2, -0.15) is 0 Å². The third-order valence-electron chi connectivity index (χ3n) is 4.22. The molecular weight excluding hydrogens is 384 g/mol. The highest BCUT2D eigenvalue weighted by Crippen LogP contribution is 2.41. The van der Waals surface area contributed by atoms with Crippen LogP contribution < -0.4 is 0 Å². The fourth-order valence-corrected chi connectivity index (χ4v) is 5.03. The Morgan fingerprint density at radius 2 is 1.46 bits per heavy atom. The number of benzene rings is 4. The minimum Gasteiger partial charge on any atom is -0.506 e. The highest BCUT2D eigenvalue weighted by Gasteiger charge is 2.07. The molecule has 0 saturated heterocycles. The molecule has 0 bridgehead atoms. The molecule has 0 aliphatic heterocycles. The van der Waals surface area contributed by atoms with E-state index in [1.165, 1.54) is 5.56 Å². The van der Waals surface area contributed by atoms with Crippen molar-refractivity contribution in [2.24, 2.45) is 10.2 Å². The van der Waals surface area contributed by atoms with Crippen LogP contribution in [0, 0.1) is 0 Å². The third-order valence-corrected chi connectivity index (χ3v) is 6.56. The zero-order chi connectivity index (χ0) is 19.2. The summed E-state index contributed by atoms with van der Waals surface area (Å²) >= 11 is 0. The van der Waals surface area contributed by atoms with Gasteiger partial charge in [0.15, 0.2) is 0 Å². The van der Waals surface area contributed by atoms with Crippen LogP contribution in [0.2, 0.25) is 0 Å². The van der Waals surface area contributed by atoms with Gasteiger partial charge in [0.2, 0.25) is 0 Å². The maximum atomic E-state index is 10.3. The van der Waals surface area contributed by atoms with E-state index in [1.807, 2.05) is 60.7 Å². The zero-order valence-electron chi connectivity index (χ0n) is 15.0. The molecule has 5 heteroatoms. The first-order valence-electron chi connectivity index (χ1n) is 8.86. The standard InChI is InChI=1S/C23H18N2OS2/c26-21-15-14-18-10-4-5-11-19(18)23(21)25-24-20-12-6-7-13-22(20)28-27-16-17-8-2-1-3-9-17/h1-15,26H,16H2. The van der Waals surface area contributed by atoms with Crippen molar-refractivity contribution in [1.29, 1.82) is 0 Å². The van der Waals surface area contributed by atoms with Crippen molar-refractivity contribution in [2.75, 3.05) is 0 Å². The van der Waals surface area contributed by atoms with Gasteiger partial charge in [-0.1, -0.05) is 94.4 Å². The Hall–Kier alpha value is -2.76. The lowest BCUT2D eigenvalue weighted by atomic mass is 10.1. The predicted molar refractivity (Wildman–Crippen MR) is 120 cm³/mol. The van der Waals surface area contributed by atoms with Gasteiger partial charge < -0.3 is 5.11 Å². The molecule has 0 aliphatic rings. The third kappa shape index (κ3) is 4.38. The summed E-state index contributed by atoms with van der Waals surface area (Å²) in [5.74, 6) is 1.05. The summed E-state index contributed by atoms with van der Waals surface area (Å²) < 4.78 is 0. The molecule has 0 amide bonds. The van der Waals surface area contributed by atoms with Crippen molar-refractivity contribution in [3.63, 3.8) is 0 Å². The fourth-order valence-electron chi connectivity index (χ4n) is 2.80. The molecule has 4 aromatic carbocycles. The molecule has 138 valence electrons. The second kappa shape index (κ2) is 8.95. The van der Waals surface area contributed by atoms with Crippen molar-refractivity contribution in [3.05, 3.63) is 96.6 Å². The van der Waals surface area contributed by atoms with Crippen LogP contribution in [0.4, 0.5) is 11.4 Å². The fraction of sp³-hybridized carbons (Fsp3) is 0.0435. The number of phenols is 1. The molecule has 0 radical (unpaired) electrons. The van der Waals surface area contributed by atoms with Crippen LogP contribution >= 0.6 is 21.6 Å². The molecule has 0 aliphatic carbocycles. The highest BCUT2D eigenvalue weighted by molar-refractivity contribution is 8.76. The Morgan fingerprint density at radius 3 is 2.36 bits per heavy atom. The summed E-state index contributed by atoms with van der Waals surface area (Å²) in [7, 11) is 3.45. The molecule has 0 aromatic heterocycles. The molecule has 0 saturated carbocycles. The van der Waals surface area contributed by atoms with E-state index < -0.39 is 0 Å². The van der Waals surface area contributed by atoms with E-state index >= 15 is 0 Å². The minimum absolute atomic E-state index is 0.131. The number of hydrogen-bond acceptors (Lipinski definition) is 5. The van der Waals surface area contributed by atoms with E-state index in [0.717, 1.165) is 27.1 Å². The number of hydrogen-bond donors (Lipinski definition) is 1. The average molecular weight is 403 g/mol. The van der Waals surface area contributed by atoms with Crippen LogP contribution in [0.5, 0.6) is 5.75 Å². The molecule has 28 heavy (non-hydrogen) atoms. The predicted octanol–water partition coefficient (Wildman–Crippen LogP) is 7.90. The van der Waals surface area contributed by atoms with Crippen LogP contribution in [-0.4, -0.2) is 5.11 Å². The molecule has 3 nitrogen and oxygen atoms in total. The number of phenolic OH excluding ortho intramolecular Hbond substituents is 1. The van der Waals surface area contributed by atoms with Crippen molar-refractivity contribution in [3.8, 4) is 5.75 Å². The number of azo groups is 1. The minimum atomic E-state index is 0.131. The van der Waals surface area contributed by atoms with Gasteiger partial charge in [0.05, 0.1) is 0 Å². The summed E-state index contributed by atoms with van der Waals surface area (Å²) in [5.41, 5.74) is 2.58. The van der Waals surface area contributed by atoms with Crippen LogP contribution in [0.1, 0.15) is 5.56 Å². The van der Waals surface area contributed by atoms with Gasteiger partial charge in [-0.15, -0.1) is 10.2 Å². The van der Waals surface area contributed by atoms with Gasteiger partial charge >= 0.3 is 0 Å². The summed E-state index contributed by atoms with van der Waals surface area (Å²) in [6, 6.07) is 29.7. The van der Waals surface area contributed by atoms with Gasteiger partial charge in [0.1, 0.15) is 17.1 Å². The summed E-state index contributed by atoms with van der Waals surface area (Å²) in [5, 5.41) is 21.0. The topological polar surface area (TPSA) is 45.0 Å². The molecule has 1 N–H and O–H groups in total. The Kier molecular flexibility index (Phi) is 5.95. The maximum absolute atomic E-state index is 10.3. The lowest BCUT2D eigenvalue weighted by Crippen LogP contribution is -1.77. The van der Waals surface area contributed by atoms with Crippen LogP contribution in [-0.2, 0) is 5.75 Å². The average Bonchev–Trinajstić information content (AvgIpc) is 2.75. The Labute approximate surface area is 171 Å².